The van der Waals surface area contributed by atoms with E-state index < -0.39 is 11.8 Å². The summed E-state index contributed by atoms with van der Waals surface area (Å²) in [5.41, 5.74) is 4.92. The van der Waals surface area contributed by atoms with Crippen LogP contribution in [-0.2, 0) is 11.4 Å². The molecule has 3 aromatic carbocycles. The summed E-state index contributed by atoms with van der Waals surface area (Å²) in [6.07, 6.45) is 2.88. The Labute approximate surface area is 224 Å². The van der Waals surface area contributed by atoms with Crippen LogP contribution >= 0.6 is 0 Å². The number of nitrogens with zero attached hydrogens (tertiary/aromatic N) is 2. The summed E-state index contributed by atoms with van der Waals surface area (Å²) in [5, 5.41) is 7.42. The first-order valence-electron chi connectivity index (χ1n) is 12.8. The highest BCUT2D eigenvalue weighted by atomic mass is 19.1. The summed E-state index contributed by atoms with van der Waals surface area (Å²) in [7, 11) is 0. The predicted molar refractivity (Wildman–Crippen MR) is 146 cm³/mol. The van der Waals surface area contributed by atoms with Crippen molar-refractivity contribution in [2.24, 2.45) is 0 Å². The average molecular weight is 534 g/mol. The van der Waals surface area contributed by atoms with Gasteiger partial charge in [0.15, 0.2) is 0 Å². The molecule has 0 saturated carbocycles. The van der Waals surface area contributed by atoms with Crippen molar-refractivity contribution in [3.63, 3.8) is 0 Å². The number of carbonyl (C=O) groups is 1. The molecule has 2 N–H and O–H groups in total. The van der Waals surface area contributed by atoms with Crippen molar-refractivity contribution in [2.45, 2.75) is 32.9 Å². The van der Waals surface area contributed by atoms with E-state index >= 15 is 0 Å². The SMILES string of the molecule is CC(=O)O.CCN1CC[C@H](n2c(=O)[nH]c3cc(/C=C4/c5ccc(F)cc5OCc5c(F)cccc54)ccc32)C1. The molecule has 9 heteroatoms. The van der Waals surface area contributed by atoms with Gasteiger partial charge < -0.3 is 19.7 Å². The number of halogens is 2. The lowest BCUT2D eigenvalue weighted by molar-refractivity contribution is -0.134. The number of ether oxygens (including phenoxy) is 1. The van der Waals surface area contributed by atoms with Gasteiger partial charge in [0.2, 0.25) is 0 Å². The van der Waals surface area contributed by atoms with Crippen LogP contribution in [-0.4, -0.2) is 45.2 Å². The number of rotatable bonds is 3. The Bertz CT molecular complexity index is 1640. The Morgan fingerprint density at radius 3 is 2.69 bits per heavy atom. The fraction of sp³-hybridized carbons (Fsp3) is 0.267. The number of carboxylic acids is 1. The second kappa shape index (κ2) is 10.9. The number of nitrogens with one attached hydrogen (secondary N) is 1. The van der Waals surface area contributed by atoms with Crippen LogP contribution in [0.4, 0.5) is 8.78 Å². The molecule has 4 aromatic rings. The van der Waals surface area contributed by atoms with Crippen molar-refractivity contribution in [2.75, 3.05) is 19.6 Å². The van der Waals surface area contributed by atoms with E-state index in [1.165, 1.54) is 18.2 Å². The van der Waals surface area contributed by atoms with Gasteiger partial charge >= 0.3 is 5.69 Å². The highest BCUT2D eigenvalue weighted by molar-refractivity contribution is 5.95. The van der Waals surface area contributed by atoms with Crippen molar-refractivity contribution in [1.82, 2.24) is 14.5 Å². The largest absolute Gasteiger partial charge is 0.488 e. The fourth-order valence-electron chi connectivity index (χ4n) is 5.32. The minimum Gasteiger partial charge on any atom is -0.488 e. The number of hydrogen-bond donors (Lipinski definition) is 2. The zero-order chi connectivity index (χ0) is 27.7. The van der Waals surface area contributed by atoms with Gasteiger partial charge in [0, 0.05) is 37.2 Å². The van der Waals surface area contributed by atoms with E-state index in [-0.39, 0.29) is 24.2 Å². The molecular weight excluding hydrogens is 504 g/mol. The first-order chi connectivity index (χ1) is 18.7. The monoisotopic (exact) mass is 533 g/mol. The number of H-pyrrole nitrogens is 1. The summed E-state index contributed by atoms with van der Waals surface area (Å²) >= 11 is 0. The molecule has 6 rings (SSSR count). The molecule has 39 heavy (non-hydrogen) atoms. The van der Waals surface area contributed by atoms with Crippen LogP contribution in [0.5, 0.6) is 5.75 Å². The molecule has 0 amide bonds. The Kier molecular flexibility index (Phi) is 7.34. The molecule has 2 aliphatic rings. The minimum absolute atomic E-state index is 0.0151. The first kappa shape index (κ1) is 26.4. The Hall–Kier alpha value is -4.24. The molecule has 7 nitrogen and oxygen atoms in total. The first-order valence-corrected chi connectivity index (χ1v) is 12.8. The van der Waals surface area contributed by atoms with Crippen LogP contribution in [0.25, 0.3) is 22.7 Å². The second-order valence-corrected chi connectivity index (χ2v) is 9.68. The molecule has 3 heterocycles. The molecule has 1 saturated heterocycles. The molecule has 1 atom stereocenters. The fourth-order valence-corrected chi connectivity index (χ4v) is 5.32. The number of aromatic nitrogens is 2. The van der Waals surface area contributed by atoms with Gasteiger partial charge in [0.1, 0.15) is 24.0 Å². The molecule has 0 unspecified atom stereocenters. The highest BCUT2D eigenvalue weighted by Gasteiger charge is 2.26. The molecule has 1 aromatic heterocycles. The number of likely N-dealkylation sites (tertiary alicyclic amines) is 1. The van der Waals surface area contributed by atoms with Crippen molar-refractivity contribution >= 4 is 28.7 Å². The van der Waals surface area contributed by atoms with E-state index in [0.717, 1.165) is 55.1 Å². The smallest absolute Gasteiger partial charge is 0.326 e. The Morgan fingerprint density at radius 2 is 1.95 bits per heavy atom. The van der Waals surface area contributed by atoms with Crippen LogP contribution in [0.3, 0.4) is 0 Å². The van der Waals surface area contributed by atoms with Gasteiger partial charge in [-0.3, -0.25) is 9.36 Å². The van der Waals surface area contributed by atoms with E-state index in [1.54, 1.807) is 12.1 Å². The van der Waals surface area contributed by atoms with Crippen molar-refractivity contribution in [1.29, 1.82) is 0 Å². The number of aromatic amines is 1. The lowest BCUT2D eigenvalue weighted by atomic mass is 9.92. The number of likely N-dealkylation sites (N-methyl/N-ethyl adjacent to an activating group) is 1. The summed E-state index contributed by atoms with van der Waals surface area (Å²) in [5.74, 6) is -1.24. The van der Waals surface area contributed by atoms with Crippen LogP contribution in [0.15, 0.2) is 59.4 Å². The maximum absolute atomic E-state index is 14.7. The van der Waals surface area contributed by atoms with E-state index in [9.17, 15) is 13.6 Å². The van der Waals surface area contributed by atoms with Crippen LogP contribution in [0, 0.1) is 11.6 Å². The third kappa shape index (κ3) is 5.35. The number of carboxylic acid groups (broad SMARTS) is 1. The quantitative estimate of drug-likeness (QED) is 0.366. The third-order valence-corrected chi connectivity index (χ3v) is 7.13. The topological polar surface area (TPSA) is 87.6 Å². The number of fused-ring (bicyclic) bond motifs is 3. The average Bonchev–Trinajstić information content (AvgIpc) is 3.45. The Morgan fingerprint density at radius 1 is 1.15 bits per heavy atom. The van der Waals surface area contributed by atoms with Crippen LogP contribution < -0.4 is 10.4 Å². The molecule has 0 radical (unpaired) electrons. The van der Waals surface area contributed by atoms with E-state index in [0.29, 0.717) is 22.4 Å². The summed E-state index contributed by atoms with van der Waals surface area (Å²) < 4.78 is 36.3. The van der Waals surface area contributed by atoms with Gasteiger partial charge in [0.25, 0.3) is 5.97 Å². The van der Waals surface area contributed by atoms with Crippen molar-refractivity contribution in [3.05, 3.63) is 99.0 Å². The Balaban J connectivity index is 0.000000723. The molecule has 2 aliphatic heterocycles. The van der Waals surface area contributed by atoms with Gasteiger partial charge in [-0.05, 0) is 66.1 Å². The van der Waals surface area contributed by atoms with Gasteiger partial charge in [-0.2, -0.15) is 0 Å². The molecule has 202 valence electrons. The van der Waals surface area contributed by atoms with Gasteiger partial charge in [0.05, 0.1) is 17.1 Å². The number of benzene rings is 3. The number of hydrogen-bond acceptors (Lipinski definition) is 4. The zero-order valence-corrected chi connectivity index (χ0v) is 21.7. The summed E-state index contributed by atoms with van der Waals surface area (Å²) in [6.45, 7) is 6.06. The third-order valence-electron chi connectivity index (χ3n) is 7.13. The lowest BCUT2D eigenvalue weighted by Gasteiger charge is -2.14. The predicted octanol–water partition coefficient (Wildman–Crippen LogP) is 5.45. The van der Waals surface area contributed by atoms with Crippen molar-refractivity contribution in [3.8, 4) is 5.75 Å². The second-order valence-electron chi connectivity index (χ2n) is 9.68. The zero-order valence-electron chi connectivity index (χ0n) is 21.7. The maximum atomic E-state index is 14.7. The summed E-state index contributed by atoms with van der Waals surface area (Å²) in [6, 6.07) is 15.3. The van der Waals surface area contributed by atoms with Gasteiger partial charge in [-0.15, -0.1) is 0 Å². The van der Waals surface area contributed by atoms with Gasteiger partial charge in [-0.25, -0.2) is 13.6 Å². The van der Waals surface area contributed by atoms with E-state index in [2.05, 4.69) is 16.8 Å². The molecule has 1 fully saturated rings. The normalized spacial score (nSPS) is 17.6. The van der Waals surface area contributed by atoms with Gasteiger partial charge in [-0.1, -0.05) is 25.1 Å². The highest BCUT2D eigenvalue weighted by Crippen LogP contribution is 2.39. The standard InChI is InChI=1S/C28H25F2N3O2.C2H4O2/c1-2-32-11-10-19(15-32)33-26-9-6-17(13-25(26)31-28(33)34)12-22-20-4-3-5-24(30)23(20)16-35-27-14-18(29)7-8-21(22)27;1-2(3)4/h3-9,12-14,19H,2,10-11,15-16H2,1H3,(H,31,34);1H3,(H,3,4)/b22-12+;/t19-;/m0./s1. The molecule has 0 bridgehead atoms. The minimum atomic E-state index is -0.833. The molecular formula is C30H29F2N3O4. The van der Waals surface area contributed by atoms with Crippen molar-refractivity contribution < 1.29 is 23.4 Å². The van der Waals surface area contributed by atoms with E-state index in [1.807, 2.05) is 34.9 Å². The lowest BCUT2D eigenvalue weighted by Crippen LogP contribution is -2.26. The van der Waals surface area contributed by atoms with E-state index in [4.69, 9.17) is 14.6 Å². The molecule has 0 aliphatic carbocycles. The molecule has 0 spiro atoms. The van der Waals surface area contributed by atoms with Crippen LogP contribution in [0.2, 0.25) is 0 Å². The number of aliphatic carboxylic acids is 1. The maximum Gasteiger partial charge on any atom is 0.326 e. The summed E-state index contributed by atoms with van der Waals surface area (Å²) in [4.78, 5) is 27.2. The number of imidazole rings is 1. The van der Waals surface area contributed by atoms with Crippen LogP contribution in [0.1, 0.15) is 48.6 Å².